The molecule has 0 fully saturated rings. The van der Waals surface area contributed by atoms with Crippen molar-refractivity contribution in [3.8, 4) is 0 Å². The normalized spacial score (nSPS) is 10.5. The van der Waals surface area contributed by atoms with Crippen molar-refractivity contribution < 1.29 is 9.59 Å². The number of hydrogen-bond donors (Lipinski definition) is 0. The van der Waals surface area contributed by atoms with Gasteiger partial charge in [-0.05, 0) is 40.2 Å². The summed E-state index contributed by atoms with van der Waals surface area (Å²) in [5.41, 5.74) is 0.640. The summed E-state index contributed by atoms with van der Waals surface area (Å²) in [5, 5.41) is 0. The Bertz CT molecular complexity index is 667. The molecule has 0 aliphatic heterocycles. The zero-order chi connectivity index (χ0) is 16.1. The van der Waals surface area contributed by atoms with Crippen LogP contribution in [0.5, 0.6) is 0 Å². The molecule has 0 radical (unpaired) electrons. The molecule has 0 saturated carbocycles. The number of ketones is 1. The van der Waals surface area contributed by atoms with Crippen molar-refractivity contribution in [3.63, 3.8) is 0 Å². The number of carbonyl (C=O) groups excluding carboxylic acids is 2. The summed E-state index contributed by atoms with van der Waals surface area (Å²) in [7, 11) is 1.76. The molecule has 2 aromatic rings. The lowest BCUT2D eigenvalue weighted by Crippen LogP contribution is -2.26. The lowest BCUT2D eigenvalue weighted by Gasteiger charge is -2.15. The summed E-state index contributed by atoms with van der Waals surface area (Å²) in [6.07, 6.45) is 0.469. The second-order valence-electron chi connectivity index (χ2n) is 4.89. The number of nitrogens with zero attached hydrogens (tertiary/aromatic N) is 1. The largest absolute Gasteiger partial charge is 0.341 e. The zero-order valence-corrected chi connectivity index (χ0v) is 16.0. The third kappa shape index (κ3) is 5.04. The molecule has 0 aliphatic rings. The smallest absolute Gasteiger partial charge is 0.223 e. The standard InChI is InChI=1S/C16H15Br2NO2S/c1-19(10-13-6-8-15(18)22-13)16(21)9-7-14(20)11-2-4-12(17)5-3-11/h2-6,8H,7,9-10H2,1H3. The number of benzene rings is 1. The van der Waals surface area contributed by atoms with Gasteiger partial charge in [0.25, 0.3) is 0 Å². The fourth-order valence-corrected chi connectivity index (χ4v) is 3.75. The van der Waals surface area contributed by atoms with Gasteiger partial charge >= 0.3 is 0 Å². The van der Waals surface area contributed by atoms with Crippen LogP contribution < -0.4 is 0 Å². The van der Waals surface area contributed by atoms with Gasteiger partial charge in [0.05, 0.1) is 10.3 Å². The number of hydrogen-bond acceptors (Lipinski definition) is 3. The fourth-order valence-electron chi connectivity index (χ4n) is 1.95. The highest BCUT2D eigenvalue weighted by Gasteiger charge is 2.13. The number of thiophene rings is 1. The van der Waals surface area contributed by atoms with Gasteiger partial charge in [-0.2, -0.15) is 0 Å². The van der Waals surface area contributed by atoms with Crippen molar-refractivity contribution in [1.82, 2.24) is 4.90 Å². The van der Waals surface area contributed by atoms with E-state index >= 15 is 0 Å². The number of carbonyl (C=O) groups is 2. The molecule has 0 unspecified atom stereocenters. The topological polar surface area (TPSA) is 37.4 Å². The Morgan fingerprint density at radius 1 is 1.05 bits per heavy atom. The van der Waals surface area contributed by atoms with Crippen molar-refractivity contribution in [3.05, 3.63) is 55.1 Å². The molecule has 1 amide bonds. The van der Waals surface area contributed by atoms with Crippen LogP contribution in [0.25, 0.3) is 0 Å². The van der Waals surface area contributed by atoms with E-state index < -0.39 is 0 Å². The minimum Gasteiger partial charge on any atom is -0.341 e. The van der Waals surface area contributed by atoms with Crippen molar-refractivity contribution in [2.75, 3.05) is 7.05 Å². The van der Waals surface area contributed by atoms with Crippen LogP contribution in [0.3, 0.4) is 0 Å². The number of rotatable bonds is 6. The molecule has 0 atom stereocenters. The van der Waals surface area contributed by atoms with Crippen molar-refractivity contribution in [1.29, 1.82) is 0 Å². The van der Waals surface area contributed by atoms with E-state index in [1.54, 1.807) is 35.4 Å². The van der Waals surface area contributed by atoms with Crippen molar-refractivity contribution >= 4 is 54.9 Å². The van der Waals surface area contributed by atoms with Gasteiger partial charge in [0.1, 0.15) is 0 Å². The van der Waals surface area contributed by atoms with E-state index in [1.165, 1.54) is 0 Å². The second-order valence-corrected chi connectivity index (χ2v) is 8.35. The van der Waals surface area contributed by atoms with Crippen LogP contribution in [0.15, 0.2) is 44.7 Å². The molecule has 22 heavy (non-hydrogen) atoms. The molecule has 0 spiro atoms. The van der Waals surface area contributed by atoms with Gasteiger partial charge in [0, 0.05) is 34.8 Å². The molecule has 0 N–H and O–H groups in total. The third-order valence-corrected chi connectivity index (χ3v) is 5.32. The first-order chi connectivity index (χ1) is 10.5. The van der Waals surface area contributed by atoms with E-state index in [1.807, 2.05) is 24.3 Å². The number of halogens is 2. The summed E-state index contributed by atoms with van der Waals surface area (Å²) in [5.74, 6) is -0.0249. The Morgan fingerprint density at radius 2 is 1.73 bits per heavy atom. The Hall–Kier alpha value is -0.980. The fraction of sp³-hybridized carbons (Fsp3) is 0.250. The van der Waals surface area contributed by atoms with Crippen LogP contribution in [0.1, 0.15) is 28.1 Å². The van der Waals surface area contributed by atoms with Crippen molar-refractivity contribution in [2.24, 2.45) is 0 Å². The maximum absolute atomic E-state index is 12.1. The van der Waals surface area contributed by atoms with E-state index in [-0.39, 0.29) is 24.5 Å². The highest BCUT2D eigenvalue weighted by Crippen LogP contribution is 2.23. The average Bonchev–Trinajstić information content (AvgIpc) is 2.90. The van der Waals surface area contributed by atoms with Gasteiger partial charge in [0.15, 0.2) is 5.78 Å². The quantitative estimate of drug-likeness (QED) is 0.594. The molecule has 1 aromatic carbocycles. The van der Waals surface area contributed by atoms with E-state index in [0.717, 1.165) is 13.1 Å². The molecule has 1 heterocycles. The van der Waals surface area contributed by atoms with E-state index in [9.17, 15) is 9.59 Å². The molecule has 0 saturated heterocycles. The predicted octanol–water partition coefficient (Wildman–Crippen LogP) is 4.89. The maximum atomic E-state index is 12.1. The molecule has 3 nitrogen and oxygen atoms in total. The van der Waals surface area contributed by atoms with E-state index in [2.05, 4.69) is 31.9 Å². The molecule has 116 valence electrons. The zero-order valence-electron chi connectivity index (χ0n) is 12.0. The first kappa shape index (κ1) is 17.4. The first-order valence-corrected chi connectivity index (χ1v) is 9.13. The lowest BCUT2D eigenvalue weighted by atomic mass is 10.1. The Balaban J connectivity index is 1.83. The second kappa shape index (κ2) is 8.04. The molecular weight excluding hydrogens is 430 g/mol. The minimum absolute atomic E-state index is 0.00637. The molecule has 0 aliphatic carbocycles. The average molecular weight is 445 g/mol. The monoisotopic (exact) mass is 443 g/mol. The van der Waals surface area contributed by atoms with Crippen LogP contribution in [0, 0.1) is 0 Å². The Labute approximate surface area is 150 Å². The Kier molecular flexibility index (Phi) is 6.35. The van der Waals surface area contributed by atoms with Crippen LogP contribution in [-0.2, 0) is 11.3 Å². The molecular formula is C16H15Br2NO2S. The van der Waals surface area contributed by atoms with Gasteiger partial charge in [0.2, 0.25) is 5.91 Å². The lowest BCUT2D eigenvalue weighted by molar-refractivity contribution is -0.130. The summed E-state index contributed by atoms with van der Waals surface area (Å²) >= 11 is 8.35. The van der Waals surface area contributed by atoms with Crippen LogP contribution in [0.4, 0.5) is 0 Å². The van der Waals surface area contributed by atoms with Gasteiger partial charge in [-0.15, -0.1) is 11.3 Å². The summed E-state index contributed by atoms with van der Waals surface area (Å²) in [6, 6.07) is 11.2. The highest BCUT2D eigenvalue weighted by molar-refractivity contribution is 9.11. The Morgan fingerprint density at radius 3 is 2.32 bits per heavy atom. The van der Waals surface area contributed by atoms with Gasteiger partial charge in [-0.25, -0.2) is 0 Å². The van der Waals surface area contributed by atoms with E-state index in [4.69, 9.17) is 0 Å². The van der Waals surface area contributed by atoms with Gasteiger partial charge in [-0.3, -0.25) is 9.59 Å². The van der Waals surface area contributed by atoms with Gasteiger partial charge < -0.3 is 4.90 Å². The highest BCUT2D eigenvalue weighted by atomic mass is 79.9. The maximum Gasteiger partial charge on any atom is 0.223 e. The van der Waals surface area contributed by atoms with Crippen LogP contribution >= 0.6 is 43.2 Å². The number of amides is 1. The molecule has 0 bridgehead atoms. The molecule has 1 aromatic heterocycles. The van der Waals surface area contributed by atoms with E-state index in [0.29, 0.717) is 12.1 Å². The summed E-state index contributed by atoms with van der Waals surface area (Å²) in [6.45, 7) is 0.571. The van der Waals surface area contributed by atoms with Crippen LogP contribution in [0.2, 0.25) is 0 Å². The molecule has 2 rings (SSSR count). The molecule has 6 heteroatoms. The van der Waals surface area contributed by atoms with Gasteiger partial charge in [-0.1, -0.05) is 28.1 Å². The number of Topliss-reactive ketones (excluding diaryl/α,β-unsaturated/α-hetero) is 1. The van der Waals surface area contributed by atoms with Crippen molar-refractivity contribution in [2.45, 2.75) is 19.4 Å². The first-order valence-electron chi connectivity index (χ1n) is 6.72. The predicted molar refractivity (Wildman–Crippen MR) is 96.2 cm³/mol. The van der Waals surface area contributed by atoms with Crippen LogP contribution in [-0.4, -0.2) is 23.6 Å². The summed E-state index contributed by atoms with van der Waals surface area (Å²) in [4.78, 5) is 26.9. The SMILES string of the molecule is CN(Cc1ccc(Br)s1)C(=O)CCC(=O)c1ccc(Br)cc1. The summed E-state index contributed by atoms with van der Waals surface area (Å²) < 4.78 is 1.98. The third-order valence-electron chi connectivity index (χ3n) is 3.18. The minimum atomic E-state index is -0.0185.